The van der Waals surface area contributed by atoms with Crippen molar-refractivity contribution < 1.29 is 0 Å². The van der Waals surface area contributed by atoms with Crippen LogP contribution in [0, 0.1) is 0 Å². The van der Waals surface area contributed by atoms with Crippen LogP contribution in [-0.2, 0) is 6.42 Å². The molecule has 1 nitrogen and oxygen atoms in total. The fraction of sp³-hybridized carbons (Fsp3) is 0.500. The van der Waals surface area contributed by atoms with Crippen molar-refractivity contribution in [2.75, 3.05) is 0 Å². The van der Waals surface area contributed by atoms with Crippen LogP contribution in [0.5, 0.6) is 0 Å². The molecule has 6 atom stereocenters. The van der Waals surface area contributed by atoms with E-state index in [-0.39, 0.29) is 7.30 Å². The largest absolute Gasteiger partial charge is 0.264 e. The van der Waals surface area contributed by atoms with Crippen molar-refractivity contribution in [1.29, 1.82) is 0 Å². The summed E-state index contributed by atoms with van der Waals surface area (Å²) in [5, 5.41) is 0. The molecular weight excluding hydrogens is 258 g/mol. The fourth-order valence-corrected chi connectivity index (χ4v) is 8.13. The van der Waals surface area contributed by atoms with E-state index in [1.165, 1.54) is 24.0 Å². The molecular formula is C10H17NP4. The number of aromatic nitrogens is 1. The first-order chi connectivity index (χ1) is 7.24. The lowest BCUT2D eigenvalue weighted by molar-refractivity contribution is 0.602. The minimum atomic E-state index is 0.119. The summed E-state index contributed by atoms with van der Waals surface area (Å²) in [4.78, 5) is 4.27. The van der Waals surface area contributed by atoms with Crippen LogP contribution in [0.1, 0.15) is 30.4 Å². The average Bonchev–Trinajstić information content (AvgIpc) is 2.29. The second kappa shape index (κ2) is 5.47. The molecule has 0 fully saturated rings. The highest BCUT2D eigenvalue weighted by molar-refractivity contribution is 8.61. The lowest BCUT2D eigenvalue weighted by Crippen LogP contribution is -2.20. The van der Waals surface area contributed by atoms with Crippen LogP contribution in [0.3, 0.4) is 0 Å². The van der Waals surface area contributed by atoms with Crippen LogP contribution in [0.25, 0.3) is 0 Å². The maximum atomic E-state index is 4.27. The molecule has 0 bridgehead atoms. The highest BCUT2D eigenvalue weighted by Crippen LogP contribution is 2.72. The number of pyridine rings is 1. The van der Waals surface area contributed by atoms with Gasteiger partial charge in [0.2, 0.25) is 0 Å². The van der Waals surface area contributed by atoms with Crippen molar-refractivity contribution in [2.24, 2.45) is 0 Å². The minimum absolute atomic E-state index is 0.119. The zero-order chi connectivity index (χ0) is 10.8. The second-order valence-electron chi connectivity index (χ2n) is 4.01. The molecule has 1 aromatic rings. The fourth-order valence-electron chi connectivity index (χ4n) is 2.31. The van der Waals surface area contributed by atoms with Gasteiger partial charge in [-0.15, -0.1) is 17.9 Å². The van der Waals surface area contributed by atoms with E-state index in [2.05, 4.69) is 42.0 Å². The molecule has 0 amide bonds. The Morgan fingerprint density at radius 3 is 3.13 bits per heavy atom. The van der Waals surface area contributed by atoms with Gasteiger partial charge in [0.25, 0.3) is 0 Å². The van der Waals surface area contributed by atoms with Gasteiger partial charge in [-0.1, -0.05) is 22.2 Å². The van der Waals surface area contributed by atoms with E-state index in [1.54, 1.807) is 0 Å². The third-order valence-electron chi connectivity index (χ3n) is 3.23. The van der Waals surface area contributed by atoms with Crippen molar-refractivity contribution in [2.45, 2.75) is 31.3 Å². The third kappa shape index (κ3) is 2.58. The van der Waals surface area contributed by atoms with Gasteiger partial charge in [-0.05, 0) is 41.6 Å². The standard InChI is InChI=1S/C10H17NP4/c1-7-9-6-11-5-4-8(9)2-3-10(7)15(13)14-12/h4-7,10,14H,2-3,12-13H2,1H3/t7-,10+,15?/m1/s1. The van der Waals surface area contributed by atoms with Crippen LogP contribution < -0.4 is 0 Å². The Labute approximate surface area is 99.2 Å². The zero-order valence-corrected chi connectivity index (χ0v) is 13.1. The maximum absolute atomic E-state index is 4.27. The number of nitrogens with zero attached hydrogens (tertiary/aromatic N) is 1. The Bertz CT molecular complexity index is 344. The first-order valence-electron chi connectivity index (χ1n) is 5.17. The highest BCUT2D eigenvalue weighted by atomic mass is 32.6. The van der Waals surface area contributed by atoms with Gasteiger partial charge >= 0.3 is 0 Å². The first-order valence-corrected chi connectivity index (χ1v) is 11.8. The van der Waals surface area contributed by atoms with Crippen molar-refractivity contribution in [3.05, 3.63) is 29.6 Å². The molecule has 0 saturated carbocycles. The smallest absolute Gasteiger partial charge is 0.0305 e. The minimum Gasteiger partial charge on any atom is -0.264 e. The summed E-state index contributed by atoms with van der Waals surface area (Å²) in [5.74, 6) is 0.694. The van der Waals surface area contributed by atoms with E-state index in [9.17, 15) is 0 Å². The first kappa shape index (κ1) is 12.3. The second-order valence-corrected chi connectivity index (χ2v) is 13.6. The molecule has 0 aliphatic heterocycles. The topological polar surface area (TPSA) is 12.9 Å². The Morgan fingerprint density at radius 2 is 2.40 bits per heavy atom. The molecule has 5 heteroatoms. The molecule has 82 valence electrons. The van der Waals surface area contributed by atoms with Gasteiger partial charge in [0, 0.05) is 12.4 Å². The molecule has 0 N–H and O–H groups in total. The number of rotatable bonds is 2. The van der Waals surface area contributed by atoms with E-state index in [0.717, 1.165) is 13.6 Å². The zero-order valence-electron chi connectivity index (χ0n) is 8.85. The predicted octanol–water partition coefficient (Wildman–Crippen LogP) is 4.16. The van der Waals surface area contributed by atoms with Crippen molar-refractivity contribution >= 4 is 33.1 Å². The van der Waals surface area contributed by atoms with Crippen LogP contribution in [-0.4, -0.2) is 10.6 Å². The summed E-state index contributed by atoms with van der Waals surface area (Å²) in [5.41, 5.74) is 3.89. The average molecular weight is 275 g/mol. The summed E-state index contributed by atoms with van der Waals surface area (Å²) in [6.45, 7) is 2.37. The van der Waals surface area contributed by atoms with Crippen LogP contribution in [0.4, 0.5) is 0 Å². The molecule has 1 aromatic heterocycles. The summed E-state index contributed by atoms with van der Waals surface area (Å²) >= 11 is 0. The summed E-state index contributed by atoms with van der Waals surface area (Å²) in [7, 11) is 7.12. The molecule has 2 rings (SSSR count). The molecule has 1 aliphatic carbocycles. The van der Waals surface area contributed by atoms with Crippen LogP contribution >= 0.6 is 33.1 Å². The summed E-state index contributed by atoms with van der Waals surface area (Å²) < 4.78 is 0. The molecule has 0 spiro atoms. The van der Waals surface area contributed by atoms with Gasteiger partial charge in [0.05, 0.1) is 0 Å². The number of fused-ring (bicyclic) bond motifs is 1. The van der Waals surface area contributed by atoms with E-state index >= 15 is 0 Å². The molecule has 1 heterocycles. The molecule has 15 heavy (non-hydrogen) atoms. The van der Waals surface area contributed by atoms with Gasteiger partial charge in [-0.25, -0.2) is 0 Å². The number of hydrogen-bond acceptors (Lipinski definition) is 1. The predicted molar refractivity (Wildman–Crippen MR) is 79.4 cm³/mol. The molecule has 4 unspecified atom stereocenters. The maximum Gasteiger partial charge on any atom is 0.0305 e. The molecule has 0 radical (unpaired) electrons. The lowest BCUT2D eigenvalue weighted by Gasteiger charge is -2.34. The van der Waals surface area contributed by atoms with Crippen LogP contribution in [0.15, 0.2) is 18.5 Å². The van der Waals surface area contributed by atoms with E-state index in [0.29, 0.717) is 5.92 Å². The molecule has 0 saturated heterocycles. The van der Waals surface area contributed by atoms with Crippen molar-refractivity contribution in [3.63, 3.8) is 0 Å². The van der Waals surface area contributed by atoms with Gasteiger partial charge < -0.3 is 0 Å². The van der Waals surface area contributed by atoms with E-state index < -0.39 is 0 Å². The van der Waals surface area contributed by atoms with E-state index in [1.807, 2.05) is 6.20 Å². The quantitative estimate of drug-likeness (QED) is 0.739. The monoisotopic (exact) mass is 275 g/mol. The number of hydrogen-bond donors (Lipinski definition) is 0. The molecule has 1 aliphatic rings. The van der Waals surface area contributed by atoms with Crippen molar-refractivity contribution in [1.82, 2.24) is 4.98 Å². The van der Waals surface area contributed by atoms with Gasteiger partial charge in [-0.3, -0.25) is 4.98 Å². The normalized spacial score (nSPS) is 27.9. The van der Waals surface area contributed by atoms with E-state index in [4.69, 9.17) is 0 Å². The summed E-state index contributed by atoms with van der Waals surface area (Å²) in [6.07, 6.45) is 6.60. The number of aryl methyl sites for hydroxylation is 1. The lowest BCUT2D eigenvalue weighted by atomic mass is 9.85. The summed E-state index contributed by atoms with van der Waals surface area (Å²) in [6, 6.07) is 2.19. The van der Waals surface area contributed by atoms with Gasteiger partial charge in [-0.2, -0.15) is 0 Å². The Kier molecular flexibility index (Phi) is 4.50. The highest BCUT2D eigenvalue weighted by Gasteiger charge is 2.29. The Morgan fingerprint density at radius 1 is 1.60 bits per heavy atom. The van der Waals surface area contributed by atoms with Crippen LogP contribution in [0.2, 0.25) is 0 Å². The molecule has 0 aromatic carbocycles. The van der Waals surface area contributed by atoms with Gasteiger partial charge in [0.1, 0.15) is 0 Å². The van der Waals surface area contributed by atoms with Gasteiger partial charge in [0.15, 0.2) is 0 Å². The Hall–Kier alpha value is 0.870. The Balaban J connectivity index is 2.25. The van der Waals surface area contributed by atoms with Crippen molar-refractivity contribution in [3.8, 4) is 0 Å². The SMILES string of the molecule is C[C@@H]1c2cnccc2CC[C@@H]1P(P)PP. The third-order valence-corrected chi connectivity index (χ3v) is 14.7.